The molecule has 0 spiro atoms. The normalized spacial score (nSPS) is 12.1. The molecular formula is C16H21N3O. The first kappa shape index (κ1) is 14.5. The highest BCUT2D eigenvalue weighted by Gasteiger charge is 2.14. The van der Waals surface area contributed by atoms with Crippen molar-refractivity contribution in [2.75, 3.05) is 13.2 Å². The summed E-state index contributed by atoms with van der Waals surface area (Å²) in [6.07, 6.45) is 6.31. The Morgan fingerprint density at radius 1 is 1.15 bits per heavy atom. The summed E-state index contributed by atoms with van der Waals surface area (Å²) in [4.78, 5) is 8.57. The molecule has 1 aromatic heterocycles. The van der Waals surface area contributed by atoms with Crippen molar-refractivity contribution in [3.63, 3.8) is 0 Å². The van der Waals surface area contributed by atoms with E-state index in [2.05, 4.69) is 34.3 Å². The van der Waals surface area contributed by atoms with E-state index in [1.165, 1.54) is 5.56 Å². The van der Waals surface area contributed by atoms with Crippen LogP contribution in [-0.4, -0.2) is 23.1 Å². The zero-order chi connectivity index (χ0) is 14.2. The van der Waals surface area contributed by atoms with Gasteiger partial charge in [-0.1, -0.05) is 19.1 Å². The molecule has 0 bridgehead atoms. The van der Waals surface area contributed by atoms with Crippen molar-refractivity contribution in [2.45, 2.75) is 26.3 Å². The molecule has 1 aromatic carbocycles. The maximum atomic E-state index is 5.48. The first-order valence-corrected chi connectivity index (χ1v) is 7.07. The molecule has 0 aliphatic rings. The van der Waals surface area contributed by atoms with Crippen molar-refractivity contribution in [1.82, 2.24) is 15.3 Å². The lowest BCUT2D eigenvalue weighted by Gasteiger charge is -2.18. The van der Waals surface area contributed by atoms with E-state index in [9.17, 15) is 0 Å². The molecule has 0 fully saturated rings. The Labute approximate surface area is 120 Å². The number of benzene rings is 1. The predicted octanol–water partition coefficient (Wildman–Crippen LogP) is 2.96. The quantitative estimate of drug-likeness (QED) is 0.841. The lowest BCUT2D eigenvalue weighted by molar-refractivity contribution is 0.340. The van der Waals surface area contributed by atoms with Gasteiger partial charge in [-0.15, -0.1) is 0 Å². The van der Waals surface area contributed by atoms with Crippen LogP contribution in [0.15, 0.2) is 42.9 Å². The van der Waals surface area contributed by atoms with Crippen molar-refractivity contribution in [1.29, 1.82) is 0 Å². The van der Waals surface area contributed by atoms with Gasteiger partial charge in [0, 0.05) is 12.4 Å². The van der Waals surface area contributed by atoms with E-state index >= 15 is 0 Å². The molecule has 0 aliphatic heterocycles. The van der Waals surface area contributed by atoms with Gasteiger partial charge >= 0.3 is 0 Å². The third-order valence-corrected chi connectivity index (χ3v) is 3.00. The van der Waals surface area contributed by atoms with Crippen LogP contribution in [0.2, 0.25) is 0 Å². The van der Waals surface area contributed by atoms with Crippen molar-refractivity contribution in [2.24, 2.45) is 0 Å². The van der Waals surface area contributed by atoms with Crippen molar-refractivity contribution in [3.05, 3.63) is 54.1 Å². The molecule has 0 saturated heterocycles. The summed E-state index contributed by atoms with van der Waals surface area (Å²) in [5.41, 5.74) is 2.10. The Morgan fingerprint density at radius 2 is 1.95 bits per heavy atom. The van der Waals surface area contributed by atoms with Crippen LogP contribution in [0.1, 0.15) is 37.6 Å². The molecule has 106 valence electrons. The predicted molar refractivity (Wildman–Crippen MR) is 79.8 cm³/mol. The molecule has 4 heteroatoms. The highest BCUT2D eigenvalue weighted by Crippen LogP contribution is 2.22. The van der Waals surface area contributed by atoms with Gasteiger partial charge < -0.3 is 10.1 Å². The summed E-state index contributed by atoms with van der Waals surface area (Å²) in [5.74, 6) is 0.893. The molecule has 1 N–H and O–H groups in total. The third-order valence-electron chi connectivity index (χ3n) is 3.00. The average Bonchev–Trinajstić information content (AvgIpc) is 2.51. The van der Waals surface area contributed by atoms with Crippen molar-refractivity contribution >= 4 is 0 Å². The van der Waals surface area contributed by atoms with E-state index in [0.717, 1.165) is 24.4 Å². The minimum absolute atomic E-state index is 0.0688. The molecule has 4 nitrogen and oxygen atoms in total. The Kier molecular flexibility index (Phi) is 5.50. The molecule has 0 aliphatic carbocycles. The molecule has 20 heavy (non-hydrogen) atoms. The van der Waals surface area contributed by atoms with Crippen LogP contribution in [0.3, 0.4) is 0 Å². The summed E-state index contributed by atoms with van der Waals surface area (Å²) in [6, 6.07) is 8.21. The topological polar surface area (TPSA) is 47.0 Å². The Hall–Kier alpha value is -1.94. The molecule has 2 aromatic rings. The molecule has 0 amide bonds. The molecule has 1 atom stereocenters. The van der Waals surface area contributed by atoms with Crippen LogP contribution in [0.25, 0.3) is 0 Å². The zero-order valence-corrected chi connectivity index (χ0v) is 12.0. The monoisotopic (exact) mass is 271 g/mol. The van der Waals surface area contributed by atoms with Crippen LogP contribution in [-0.2, 0) is 0 Å². The van der Waals surface area contributed by atoms with E-state index in [1.54, 1.807) is 12.4 Å². The number of rotatable bonds is 7. The van der Waals surface area contributed by atoms with E-state index in [0.29, 0.717) is 6.61 Å². The summed E-state index contributed by atoms with van der Waals surface area (Å²) < 4.78 is 5.48. The molecular weight excluding hydrogens is 250 g/mol. The van der Waals surface area contributed by atoms with Gasteiger partial charge in [0.05, 0.1) is 24.5 Å². The minimum Gasteiger partial charge on any atom is -0.494 e. The number of nitrogens with zero attached hydrogens (tertiary/aromatic N) is 2. The second-order valence-electron chi connectivity index (χ2n) is 4.52. The molecule has 1 unspecified atom stereocenters. The van der Waals surface area contributed by atoms with E-state index in [4.69, 9.17) is 4.74 Å². The lowest BCUT2D eigenvalue weighted by Crippen LogP contribution is -2.24. The number of ether oxygens (including phenoxy) is 1. The van der Waals surface area contributed by atoms with E-state index in [-0.39, 0.29) is 6.04 Å². The largest absolute Gasteiger partial charge is 0.494 e. The first-order chi connectivity index (χ1) is 9.85. The van der Waals surface area contributed by atoms with Gasteiger partial charge in [0.15, 0.2) is 0 Å². The summed E-state index contributed by atoms with van der Waals surface area (Å²) >= 11 is 0. The average molecular weight is 271 g/mol. The number of hydrogen-bond acceptors (Lipinski definition) is 4. The van der Waals surface area contributed by atoms with Gasteiger partial charge in [0.25, 0.3) is 0 Å². The maximum Gasteiger partial charge on any atom is 0.119 e. The summed E-state index contributed by atoms with van der Waals surface area (Å²) in [6.45, 7) is 5.76. The number of aromatic nitrogens is 2. The molecule has 1 heterocycles. The third kappa shape index (κ3) is 3.78. The van der Waals surface area contributed by atoms with Gasteiger partial charge in [-0.3, -0.25) is 9.97 Å². The second-order valence-corrected chi connectivity index (χ2v) is 4.52. The lowest BCUT2D eigenvalue weighted by atomic mass is 10.0. The van der Waals surface area contributed by atoms with Gasteiger partial charge in [-0.25, -0.2) is 0 Å². The summed E-state index contributed by atoms with van der Waals surface area (Å²) in [5, 5.41) is 3.51. The van der Waals surface area contributed by atoms with Crippen LogP contribution >= 0.6 is 0 Å². The highest BCUT2D eigenvalue weighted by atomic mass is 16.5. The zero-order valence-electron chi connectivity index (χ0n) is 12.0. The first-order valence-electron chi connectivity index (χ1n) is 7.07. The molecule has 0 radical (unpaired) electrons. The smallest absolute Gasteiger partial charge is 0.119 e. The minimum atomic E-state index is 0.0688. The highest BCUT2D eigenvalue weighted by molar-refractivity contribution is 5.32. The standard InChI is InChI=1S/C16H21N3O/c1-3-9-19-16(15-12-17-10-11-18-15)13-5-7-14(8-6-13)20-4-2/h5-8,10-12,16,19H,3-4,9H2,1-2H3. The van der Waals surface area contributed by atoms with Crippen LogP contribution in [0.4, 0.5) is 0 Å². The number of nitrogens with one attached hydrogen (secondary N) is 1. The Morgan fingerprint density at radius 3 is 2.55 bits per heavy atom. The fourth-order valence-corrected chi connectivity index (χ4v) is 2.06. The van der Waals surface area contributed by atoms with Crippen molar-refractivity contribution in [3.8, 4) is 5.75 Å². The van der Waals surface area contributed by atoms with E-state index < -0.39 is 0 Å². The van der Waals surface area contributed by atoms with Crippen molar-refractivity contribution < 1.29 is 4.74 Å². The van der Waals surface area contributed by atoms with Gasteiger partial charge in [0.1, 0.15) is 5.75 Å². The van der Waals surface area contributed by atoms with Gasteiger partial charge in [-0.2, -0.15) is 0 Å². The molecule has 0 saturated carbocycles. The van der Waals surface area contributed by atoms with E-state index in [1.807, 2.05) is 25.3 Å². The summed E-state index contributed by atoms with van der Waals surface area (Å²) in [7, 11) is 0. The Bertz CT molecular complexity index is 499. The van der Waals surface area contributed by atoms with Crippen LogP contribution < -0.4 is 10.1 Å². The molecule has 2 rings (SSSR count). The Balaban J connectivity index is 2.22. The fourth-order valence-electron chi connectivity index (χ4n) is 2.06. The van der Waals surface area contributed by atoms with Gasteiger partial charge in [0.2, 0.25) is 0 Å². The van der Waals surface area contributed by atoms with Crippen LogP contribution in [0, 0.1) is 0 Å². The van der Waals surface area contributed by atoms with Gasteiger partial charge in [-0.05, 0) is 37.6 Å². The maximum absolute atomic E-state index is 5.48. The SMILES string of the molecule is CCCNC(c1ccc(OCC)cc1)c1cnccn1. The number of hydrogen-bond donors (Lipinski definition) is 1. The second kappa shape index (κ2) is 7.60. The fraction of sp³-hybridized carbons (Fsp3) is 0.375. The van der Waals surface area contributed by atoms with Crippen LogP contribution in [0.5, 0.6) is 5.75 Å².